The van der Waals surface area contributed by atoms with Gasteiger partial charge in [-0.1, -0.05) is 72.1 Å². The standard InChI is InChI=1S/C26H18.2C5H5.2Fe/c1-3-11-21(12-4-1)25(23-15-7-8-16-23)19-20-26(24-17-9-10-18-24)22-13-5-2-6-14-22;2*1-2-4-5-3-1;;/h1-18H;2*1-5H;;. The molecule has 2 heteroatoms. The topological polar surface area (TPSA) is 0 Å². The average Bonchev–Trinajstić information content (AvgIpc) is 3.77. The van der Waals surface area contributed by atoms with E-state index in [1.807, 2.05) is 76.3 Å². The molecule has 4 saturated carbocycles. The third-order valence-corrected chi connectivity index (χ3v) is 5.45. The minimum atomic E-state index is 0. The van der Waals surface area contributed by atoms with E-state index < -0.39 is 0 Å². The summed E-state index contributed by atoms with van der Waals surface area (Å²) in [4.78, 5) is 0. The van der Waals surface area contributed by atoms with Gasteiger partial charge in [-0.2, -0.15) is 0 Å². The van der Waals surface area contributed by atoms with Crippen molar-refractivity contribution in [3.05, 3.63) is 211 Å². The minimum Gasteiger partial charge on any atom is -0.0651 e. The van der Waals surface area contributed by atoms with Gasteiger partial charge in [-0.3, -0.25) is 0 Å². The number of hydrogen-bond acceptors (Lipinski definition) is 0. The molecule has 0 bridgehead atoms. The summed E-state index contributed by atoms with van der Waals surface area (Å²) in [6.45, 7) is 0. The van der Waals surface area contributed by atoms with Crippen LogP contribution in [0.15, 0.2) is 72.1 Å². The first kappa shape index (κ1) is 33.0. The molecule has 0 saturated heterocycles. The van der Waals surface area contributed by atoms with Crippen molar-refractivity contribution in [2.24, 2.45) is 0 Å². The maximum absolute atomic E-state index is 3.45. The van der Waals surface area contributed by atoms with Crippen LogP contribution in [-0.2, 0) is 34.1 Å². The Kier molecular flexibility index (Phi) is 17.2. The van der Waals surface area contributed by atoms with Crippen LogP contribution < -0.4 is 0 Å². The van der Waals surface area contributed by atoms with Crippen molar-refractivity contribution in [2.45, 2.75) is 0 Å². The Morgan fingerprint density at radius 1 is 0.342 bits per heavy atom. The van der Waals surface area contributed by atoms with Crippen LogP contribution >= 0.6 is 0 Å². The molecule has 188 valence electrons. The third kappa shape index (κ3) is 11.1. The van der Waals surface area contributed by atoms with Crippen LogP contribution in [0.5, 0.6) is 0 Å². The van der Waals surface area contributed by atoms with E-state index in [1.165, 1.54) is 0 Å². The maximum atomic E-state index is 3.45. The van der Waals surface area contributed by atoms with E-state index in [2.05, 4.69) is 111 Å². The maximum Gasteiger partial charge on any atom is 0.0216 e. The smallest absolute Gasteiger partial charge is 0.0216 e. The van der Waals surface area contributed by atoms with Crippen LogP contribution in [0.2, 0.25) is 0 Å². The van der Waals surface area contributed by atoms with Crippen LogP contribution in [0.25, 0.3) is 11.1 Å². The van der Waals surface area contributed by atoms with Crippen LogP contribution in [-0.4, -0.2) is 0 Å². The molecular weight excluding hydrogens is 544 g/mol. The normalized spacial score (nSPS) is 18.4. The van der Waals surface area contributed by atoms with E-state index in [4.69, 9.17) is 0 Å². The molecule has 0 heterocycles. The van der Waals surface area contributed by atoms with Gasteiger partial charge >= 0.3 is 0 Å². The van der Waals surface area contributed by atoms with Gasteiger partial charge in [0, 0.05) is 57.1 Å². The summed E-state index contributed by atoms with van der Waals surface area (Å²) in [5.41, 5.74) is 11.3. The van der Waals surface area contributed by atoms with Crippen molar-refractivity contribution in [1.29, 1.82) is 0 Å². The first-order valence-electron chi connectivity index (χ1n) is 12.1. The minimum absolute atomic E-state index is 0. The van der Waals surface area contributed by atoms with Gasteiger partial charge in [-0.25, -0.2) is 0 Å². The fourth-order valence-electron chi connectivity index (χ4n) is 3.68. The molecule has 0 atom stereocenters. The van der Waals surface area contributed by atoms with Crippen molar-refractivity contribution >= 4 is 11.1 Å². The van der Waals surface area contributed by atoms with E-state index in [-0.39, 0.29) is 34.1 Å². The molecule has 20 radical (unpaired) electrons. The van der Waals surface area contributed by atoms with Crippen LogP contribution in [0.4, 0.5) is 0 Å². The second kappa shape index (κ2) is 19.8. The predicted molar refractivity (Wildman–Crippen MR) is 151 cm³/mol. The van der Waals surface area contributed by atoms with Gasteiger partial charge in [0.1, 0.15) is 0 Å². The second-order valence-corrected chi connectivity index (χ2v) is 8.00. The zero-order chi connectivity index (χ0) is 24.7. The summed E-state index contributed by atoms with van der Waals surface area (Å²) >= 11 is 0. The number of benzene rings is 2. The molecule has 0 nitrogen and oxygen atoms in total. The van der Waals surface area contributed by atoms with Crippen molar-refractivity contribution < 1.29 is 34.1 Å². The Bertz CT molecular complexity index is 864. The van der Waals surface area contributed by atoms with E-state index in [0.717, 1.165) is 34.1 Å². The fourth-order valence-corrected chi connectivity index (χ4v) is 3.68. The molecule has 0 spiro atoms. The summed E-state index contributed by atoms with van der Waals surface area (Å²) in [5.74, 6) is 2.30. The molecule has 0 aromatic heterocycles. The number of hydrogen-bond donors (Lipinski definition) is 0. The van der Waals surface area contributed by atoms with Gasteiger partial charge in [0.25, 0.3) is 0 Å². The van der Waals surface area contributed by atoms with Crippen LogP contribution in [0.3, 0.4) is 0 Å². The van der Waals surface area contributed by atoms with Crippen molar-refractivity contribution in [3.8, 4) is 0 Å². The van der Waals surface area contributed by atoms with E-state index in [9.17, 15) is 0 Å². The third-order valence-electron chi connectivity index (χ3n) is 5.45. The Morgan fingerprint density at radius 3 is 0.868 bits per heavy atom. The zero-order valence-electron chi connectivity index (χ0n) is 20.9. The molecule has 0 aliphatic heterocycles. The number of rotatable bonds is 4. The zero-order valence-corrected chi connectivity index (χ0v) is 23.1. The van der Waals surface area contributed by atoms with E-state index >= 15 is 0 Å². The summed E-state index contributed by atoms with van der Waals surface area (Å²) in [6, 6.07) is 20.7. The van der Waals surface area contributed by atoms with Gasteiger partial charge in [0.05, 0.1) is 0 Å². The monoisotopic (exact) mass is 572 g/mol. The summed E-state index contributed by atoms with van der Waals surface area (Å²) in [7, 11) is 0. The molecular formula is C36H28Fe2. The summed E-state index contributed by atoms with van der Waals surface area (Å²) in [5, 5.41) is 0. The molecule has 0 amide bonds. The van der Waals surface area contributed by atoms with E-state index in [1.54, 1.807) is 0 Å². The van der Waals surface area contributed by atoms with Crippen LogP contribution in [0, 0.1) is 127 Å². The molecule has 4 aliphatic rings. The Labute approximate surface area is 254 Å². The Balaban J connectivity index is 0.000000354. The molecule has 0 N–H and O–H groups in total. The van der Waals surface area contributed by atoms with Crippen LogP contribution in [0.1, 0.15) is 11.1 Å². The molecule has 6 rings (SSSR count). The Hall–Kier alpha value is -1.22. The van der Waals surface area contributed by atoms with Gasteiger partial charge < -0.3 is 0 Å². The van der Waals surface area contributed by atoms with Crippen molar-refractivity contribution in [1.82, 2.24) is 0 Å². The van der Waals surface area contributed by atoms with Gasteiger partial charge in [-0.05, 0) is 127 Å². The SMILES string of the molecule is C(=C=C([C]1[CH][CH][CH][CH]1)c1ccccc1)=C([C]1[CH][CH][CH][CH]1)c1ccccc1.[CH]1[CH][CH][CH][CH]1.[CH]1[CH][CH][CH][CH]1.[Fe].[Fe]. The molecule has 0 unspecified atom stereocenters. The first-order valence-corrected chi connectivity index (χ1v) is 12.1. The molecule has 38 heavy (non-hydrogen) atoms. The molecule has 4 fully saturated rings. The molecule has 4 aliphatic carbocycles. The van der Waals surface area contributed by atoms with Gasteiger partial charge in [0.2, 0.25) is 0 Å². The molecule has 2 aromatic rings. The predicted octanol–water partition coefficient (Wildman–Crippen LogP) is 7.76. The van der Waals surface area contributed by atoms with E-state index in [0.29, 0.717) is 0 Å². The molecule has 2 aromatic carbocycles. The van der Waals surface area contributed by atoms with Gasteiger partial charge in [0.15, 0.2) is 0 Å². The van der Waals surface area contributed by atoms with Crippen molar-refractivity contribution in [3.63, 3.8) is 0 Å². The average molecular weight is 572 g/mol. The summed E-state index contributed by atoms with van der Waals surface area (Å²) < 4.78 is 0. The quantitative estimate of drug-likeness (QED) is 0.260. The summed E-state index contributed by atoms with van der Waals surface area (Å²) in [6.07, 6.45) is 36.7. The van der Waals surface area contributed by atoms with Gasteiger partial charge in [-0.15, -0.1) is 0 Å². The Morgan fingerprint density at radius 2 is 0.605 bits per heavy atom. The number of allylic oxidation sites excluding steroid dienone is 2. The second-order valence-electron chi connectivity index (χ2n) is 8.00. The van der Waals surface area contributed by atoms with Crippen molar-refractivity contribution in [2.75, 3.05) is 0 Å². The fraction of sp³-hybridized carbons (Fsp3) is 0. The first-order chi connectivity index (χ1) is 17.9. The largest absolute Gasteiger partial charge is 0.0651 e.